The molecular weight excluding hydrogens is 386 g/mol. The van der Waals surface area contributed by atoms with E-state index in [0.29, 0.717) is 12.5 Å². The van der Waals surface area contributed by atoms with Gasteiger partial charge in [-0.15, -0.1) is 17.5 Å². The first-order chi connectivity index (χ1) is 13.6. The van der Waals surface area contributed by atoms with Crippen LogP contribution in [0.4, 0.5) is 5.95 Å². The van der Waals surface area contributed by atoms with Crippen molar-refractivity contribution in [2.24, 2.45) is 5.73 Å². The first-order valence-electron chi connectivity index (χ1n) is 9.77. The Morgan fingerprint density at radius 1 is 1.14 bits per heavy atom. The lowest BCUT2D eigenvalue weighted by Crippen LogP contribution is -2.00. The minimum absolute atomic E-state index is 0. The van der Waals surface area contributed by atoms with Gasteiger partial charge in [0.1, 0.15) is 0 Å². The smallest absolute Gasteiger partial charge is 0.197 e. The van der Waals surface area contributed by atoms with Gasteiger partial charge in [-0.05, 0) is 43.7 Å². The second-order valence-electron chi connectivity index (χ2n) is 7.20. The summed E-state index contributed by atoms with van der Waals surface area (Å²) < 4.78 is 1.91. The van der Waals surface area contributed by atoms with Gasteiger partial charge in [-0.2, -0.15) is 0 Å². The lowest BCUT2D eigenvalue weighted by molar-refractivity contribution is 0.642. The lowest BCUT2D eigenvalue weighted by atomic mass is 10.1. The van der Waals surface area contributed by atoms with Crippen LogP contribution in [-0.2, 0) is 25.9 Å². The standard InChI is InChI=1S/C21H29N7.ClH/c1-16(11-17-7-9-18(12-22)10-8-17)14-28-15-20(26-27-28)6-4-2-3-5-19-13-24-21(23)25-19;/h7-11,13,15H,2-6,12,14,22H2,1H3,(H3,23,24,25);1H/b16-11+;. The molecule has 0 fully saturated rings. The predicted molar refractivity (Wildman–Crippen MR) is 120 cm³/mol. The molecule has 0 aliphatic carbocycles. The highest BCUT2D eigenvalue weighted by Crippen LogP contribution is 2.11. The van der Waals surface area contributed by atoms with Crippen molar-refractivity contribution in [3.05, 3.63) is 64.7 Å². The third-order valence-electron chi connectivity index (χ3n) is 4.65. The number of H-pyrrole nitrogens is 1. The van der Waals surface area contributed by atoms with E-state index in [9.17, 15) is 0 Å². The van der Waals surface area contributed by atoms with Gasteiger partial charge in [0.25, 0.3) is 0 Å². The van der Waals surface area contributed by atoms with Gasteiger partial charge in [-0.1, -0.05) is 47.5 Å². The largest absolute Gasteiger partial charge is 0.369 e. The molecule has 1 aromatic carbocycles. The van der Waals surface area contributed by atoms with Crippen molar-refractivity contribution in [3.8, 4) is 0 Å². The second-order valence-corrected chi connectivity index (χ2v) is 7.20. The van der Waals surface area contributed by atoms with Crippen molar-refractivity contribution in [1.29, 1.82) is 0 Å². The van der Waals surface area contributed by atoms with E-state index in [2.05, 4.69) is 57.5 Å². The van der Waals surface area contributed by atoms with Crippen LogP contribution in [0.25, 0.3) is 6.08 Å². The molecule has 0 radical (unpaired) electrons. The van der Waals surface area contributed by atoms with Crippen LogP contribution in [0.1, 0.15) is 48.7 Å². The van der Waals surface area contributed by atoms with Crippen molar-refractivity contribution in [1.82, 2.24) is 25.0 Å². The molecular formula is C21H30ClN7. The van der Waals surface area contributed by atoms with Crippen molar-refractivity contribution < 1.29 is 0 Å². The number of nitrogens with zero attached hydrogens (tertiary/aromatic N) is 4. The second kappa shape index (κ2) is 11.4. The van der Waals surface area contributed by atoms with E-state index >= 15 is 0 Å². The van der Waals surface area contributed by atoms with E-state index in [1.807, 2.05) is 17.1 Å². The maximum Gasteiger partial charge on any atom is 0.197 e. The minimum atomic E-state index is 0. The summed E-state index contributed by atoms with van der Waals surface area (Å²) in [6.45, 7) is 3.43. The molecule has 0 aliphatic rings. The monoisotopic (exact) mass is 415 g/mol. The molecule has 2 heterocycles. The topological polar surface area (TPSA) is 111 Å². The van der Waals surface area contributed by atoms with Gasteiger partial charge in [-0.3, -0.25) is 0 Å². The molecule has 8 heteroatoms. The minimum Gasteiger partial charge on any atom is -0.369 e. The van der Waals surface area contributed by atoms with E-state index in [1.165, 1.54) is 11.1 Å². The molecule has 0 saturated heterocycles. The van der Waals surface area contributed by atoms with Crippen LogP contribution >= 0.6 is 12.4 Å². The molecule has 0 amide bonds. The van der Waals surface area contributed by atoms with Crippen molar-refractivity contribution in [3.63, 3.8) is 0 Å². The fraction of sp³-hybridized carbons (Fsp3) is 0.381. The van der Waals surface area contributed by atoms with Crippen molar-refractivity contribution >= 4 is 24.4 Å². The summed E-state index contributed by atoms with van der Waals surface area (Å²) in [5, 5.41) is 8.55. The quantitative estimate of drug-likeness (QED) is 0.438. The van der Waals surface area contributed by atoms with Gasteiger partial charge in [0.05, 0.1) is 18.4 Å². The summed E-state index contributed by atoms with van der Waals surface area (Å²) in [5.74, 6) is 0.489. The van der Waals surface area contributed by atoms with Gasteiger partial charge in [0.15, 0.2) is 5.95 Å². The summed E-state index contributed by atoms with van der Waals surface area (Å²) in [6.07, 6.45) is 11.3. The molecule has 156 valence electrons. The number of halogens is 1. The van der Waals surface area contributed by atoms with Gasteiger partial charge >= 0.3 is 0 Å². The number of allylic oxidation sites excluding steroid dienone is 1. The number of rotatable bonds is 10. The number of nitrogens with two attached hydrogens (primary N) is 2. The number of benzene rings is 1. The summed E-state index contributed by atoms with van der Waals surface area (Å²) in [7, 11) is 0. The normalized spacial score (nSPS) is 11.4. The predicted octanol–water partition coefficient (Wildman–Crippen LogP) is 3.52. The lowest BCUT2D eigenvalue weighted by Gasteiger charge is -2.02. The Morgan fingerprint density at radius 3 is 2.59 bits per heavy atom. The number of unbranched alkanes of at least 4 members (excludes halogenated alkanes) is 2. The zero-order valence-electron chi connectivity index (χ0n) is 16.8. The van der Waals surface area contributed by atoms with Gasteiger partial charge in [-0.25, -0.2) is 9.67 Å². The fourth-order valence-electron chi connectivity index (χ4n) is 3.17. The van der Waals surface area contributed by atoms with E-state index in [4.69, 9.17) is 11.5 Å². The van der Waals surface area contributed by atoms with E-state index < -0.39 is 0 Å². The Hall–Kier alpha value is -2.64. The molecule has 3 aromatic rings. The number of anilines is 1. The van der Waals surface area contributed by atoms with E-state index in [1.54, 1.807) is 0 Å². The third-order valence-corrected chi connectivity index (χ3v) is 4.65. The fourth-order valence-corrected chi connectivity index (χ4v) is 3.17. The van der Waals surface area contributed by atoms with E-state index in [0.717, 1.165) is 55.6 Å². The highest BCUT2D eigenvalue weighted by Gasteiger charge is 2.03. The highest BCUT2D eigenvalue weighted by molar-refractivity contribution is 5.85. The molecule has 29 heavy (non-hydrogen) atoms. The Morgan fingerprint density at radius 2 is 1.90 bits per heavy atom. The van der Waals surface area contributed by atoms with E-state index in [-0.39, 0.29) is 12.4 Å². The maximum atomic E-state index is 5.64. The number of aromatic amines is 1. The zero-order chi connectivity index (χ0) is 19.8. The number of nitrogen functional groups attached to an aromatic ring is 1. The van der Waals surface area contributed by atoms with Crippen LogP contribution < -0.4 is 11.5 Å². The number of aromatic nitrogens is 5. The number of hydrogen-bond acceptors (Lipinski definition) is 5. The molecule has 0 aliphatic heterocycles. The van der Waals surface area contributed by atoms with Gasteiger partial charge in [0, 0.05) is 18.4 Å². The van der Waals surface area contributed by atoms with Crippen LogP contribution in [0, 0.1) is 0 Å². The molecule has 0 saturated carbocycles. The number of hydrogen-bond donors (Lipinski definition) is 3. The number of nitrogens with one attached hydrogen (secondary N) is 1. The molecule has 0 atom stereocenters. The van der Waals surface area contributed by atoms with Crippen LogP contribution in [0.3, 0.4) is 0 Å². The van der Waals surface area contributed by atoms with Crippen LogP contribution in [-0.4, -0.2) is 25.0 Å². The molecule has 0 bridgehead atoms. The summed E-state index contributed by atoms with van der Waals surface area (Å²) in [4.78, 5) is 7.07. The SMILES string of the molecule is C/C(=C\c1ccc(CN)cc1)Cn1cc(CCCCCc2cnc(N)[nH]2)nn1.Cl. The molecule has 5 N–H and O–H groups in total. The molecule has 3 rings (SSSR count). The Balaban J connectivity index is 0.00000300. The van der Waals surface area contributed by atoms with Crippen LogP contribution in [0.2, 0.25) is 0 Å². The van der Waals surface area contributed by atoms with Gasteiger partial charge in [0.2, 0.25) is 0 Å². The Kier molecular flexibility index (Phi) is 8.89. The first-order valence-corrected chi connectivity index (χ1v) is 9.77. The summed E-state index contributed by atoms with van der Waals surface area (Å²) in [6, 6.07) is 8.31. The van der Waals surface area contributed by atoms with Crippen LogP contribution in [0.15, 0.2) is 42.2 Å². The Bertz CT molecular complexity index is 896. The number of aryl methyl sites for hydroxylation is 2. The van der Waals surface area contributed by atoms with Crippen molar-refractivity contribution in [2.75, 3.05) is 5.73 Å². The number of imidazole rings is 1. The molecule has 2 aromatic heterocycles. The average molecular weight is 416 g/mol. The third kappa shape index (κ3) is 7.36. The molecule has 7 nitrogen and oxygen atoms in total. The summed E-state index contributed by atoms with van der Waals surface area (Å²) >= 11 is 0. The first kappa shape index (κ1) is 22.6. The average Bonchev–Trinajstić information content (AvgIpc) is 3.31. The zero-order valence-corrected chi connectivity index (χ0v) is 17.7. The Labute approximate surface area is 178 Å². The maximum absolute atomic E-state index is 5.64. The molecule has 0 unspecified atom stereocenters. The van der Waals surface area contributed by atoms with Crippen LogP contribution in [0.5, 0.6) is 0 Å². The summed E-state index contributed by atoms with van der Waals surface area (Å²) in [5.41, 5.74) is 16.9. The highest BCUT2D eigenvalue weighted by atomic mass is 35.5. The molecule has 0 spiro atoms. The van der Waals surface area contributed by atoms with Gasteiger partial charge < -0.3 is 16.5 Å². The van der Waals surface area contributed by atoms with Crippen molar-refractivity contribution in [2.45, 2.75) is 52.1 Å².